The highest BCUT2D eigenvalue weighted by Crippen LogP contribution is 2.24. The molecule has 0 radical (unpaired) electrons. The van der Waals surface area contributed by atoms with Crippen LogP contribution in [-0.4, -0.2) is 44.8 Å². The molecule has 7 nitrogen and oxygen atoms in total. The van der Waals surface area contributed by atoms with Crippen molar-refractivity contribution in [1.82, 2.24) is 10.2 Å². The van der Waals surface area contributed by atoms with Gasteiger partial charge in [0.25, 0.3) is 15.9 Å². The summed E-state index contributed by atoms with van der Waals surface area (Å²) in [7, 11) is -2.24. The fourth-order valence-electron chi connectivity index (χ4n) is 3.64. The van der Waals surface area contributed by atoms with Crippen molar-refractivity contribution in [3.63, 3.8) is 0 Å². The van der Waals surface area contributed by atoms with Crippen molar-refractivity contribution in [2.75, 3.05) is 18.3 Å². The average Bonchev–Trinajstić information content (AvgIpc) is 3.16. The first-order chi connectivity index (χ1) is 13.7. The van der Waals surface area contributed by atoms with Gasteiger partial charge in [-0.2, -0.15) is 0 Å². The number of amides is 2. The van der Waals surface area contributed by atoms with Crippen LogP contribution in [0, 0.1) is 13.8 Å². The van der Waals surface area contributed by atoms with Crippen LogP contribution in [0.4, 0.5) is 5.69 Å². The maximum atomic E-state index is 12.9. The molecular weight excluding hydrogens is 390 g/mol. The van der Waals surface area contributed by atoms with E-state index in [1.54, 1.807) is 50.4 Å². The van der Waals surface area contributed by atoms with Gasteiger partial charge in [-0.15, -0.1) is 0 Å². The third kappa shape index (κ3) is 4.42. The highest BCUT2D eigenvalue weighted by atomic mass is 32.2. The first-order valence-electron chi connectivity index (χ1n) is 9.45. The number of aryl methyl sites for hydroxylation is 2. The number of nitrogens with zero attached hydrogens (tertiary/aromatic N) is 1. The van der Waals surface area contributed by atoms with Crippen LogP contribution in [0.3, 0.4) is 0 Å². The van der Waals surface area contributed by atoms with Gasteiger partial charge in [0, 0.05) is 24.8 Å². The molecule has 0 spiro atoms. The zero-order valence-electron chi connectivity index (χ0n) is 16.7. The summed E-state index contributed by atoms with van der Waals surface area (Å²) in [4.78, 5) is 26.7. The molecule has 2 amide bonds. The summed E-state index contributed by atoms with van der Waals surface area (Å²) in [5, 5.41) is 2.59. The molecule has 0 saturated carbocycles. The summed E-state index contributed by atoms with van der Waals surface area (Å²) < 4.78 is 28.1. The van der Waals surface area contributed by atoms with Crippen molar-refractivity contribution < 1.29 is 18.0 Å². The number of sulfonamides is 1. The predicted octanol–water partition coefficient (Wildman–Crippen LogP) is 2.45. The Balaban J connectivity index is 1.84. The molecule has 0 aromatic heterocycles. The molecule has 2 aromatic rings. The summed E-state index contributed by atoms with van der Waals surface area (Å²) in [6.45, 7) is 4.14. The SMILES string of the molecule is CNC(=O)C1CCCN1C(=O)c1cccc(NS(=O)(=O)c2ccc(C)cc2C)c1. The van der Waals surface area contributed by atoms with E-state index >= 15 is 0 Å². The van der Waals surface area contributed by atoms with Gasteiger partial charge in [-0.25, -0.2) is 8.42 Å². The highest BCUT2D eigenvalue weighted by Gasteiger charge is 2.34. The average molecular weight is 416 g/mol. The summed E-state index contributed by atoms with van der Waals surface area (Å²) in [5.74, 6) is -0.480. The molecule has 2 N–H and O–H groups in total. The third-order valence-corrected chi connectivity index (χ3v) is 6.59. The lowest BCUT2D eigenvalue weighted by Crippen LogP contribution is -2.44. The highest BCUT2D eigenvalue weighted by molar-refractivity contribution is 7.92. The van der Waals surface area contributed by atoms with Crippen LogP contribution >= 0.6 is 0 Å². The van der Waals surface area contributed by atoms with E-state index in [9.17, 15) is 18.0 Å². The molecule has 8 heteroatoms. The van der Waals surface area contributed by atoms with Gasteiger partial charge >= 0.3 is 0 Å². The van der Waals surface area contributed by atoms with Crippen LogP contribution in [0.25, 0.3) is 0 Å². The molecule has 1 aliphatic heterocycles. The minimum atomic E-state index is -3.79. The zero-order valence-corrected chi connectivity index (χ0v) is 17.5. The molecule has 2 aromatic carbocycles. The number of hydrogen-bond acceptors (Lipinski definition) is 4. The molecule has 1 unspecified atom stereocenters. The molecule has 1 heterocycles. The predicted molar refractivity (Wildman–Crippen MR) is 111 cm³/mol. The number of nitrogens with one attached hydrogen (secondary N) is 2. The van der Waals surface area contributed by atoms with E-state index < -0.39 is 16.1 Å². The van der Waals surface area contributed by atoms with Gasteiger partial charge in [0.05, 0.1) is 4.90 Å². The van der Waals surface area contributed by atoms with Crippen molar-refractivity contribution in [3.8, 4) is 0 Å². The Bertz CT molecular complexity index is 1050. The minimum absolute atomic E-state index is 0.192. The van der Waals surface area contributed by atoms with E-state index in [0.29, 0.717) is 29.8 Å². The van der Waals surface area contributed by atoms with Crippen LogP contribution in [0.5, 0.6) is 0 Å². The van der Waals surface area contributed by atoms with Crippen LogP contribution < -0.4 is 10.0 Å². The fourth-order valence-corrected chi connectivity index (χ4v) is 4.92. The topological polar surface area (TPSA) is 95.6 Å². The number of anilines is 1. The monoisotopic (exact) mass is 415 g/mol. The molecule has 1 atom stereocenters. The van der Waals surface area contributed by atoms with Crippen LogP contribution in [0.15, 0.2) is 47.4 Å². The van der Waals surface area contributed by atoms with Gasteiger partial charge in [0.2, 0.25) is 5.91 Å². The second-order valence-corrected chi connectivity index (χ2v) is 8.88. The summed E-state index contributed by atoms with van der Waals surface area (Å²) >= 11 is 0. The minimum Gasteiger partial charge on any atom is -0.357 e. The Morgan fingerprint density at radius 2 is 1.86 bits per heavy atom. The molecule has 1 saturated heterocycles. The summed E-state index contributed by atoms with van der Waals surface area (Å²) in [5.41, 5.74) is 2.26. The van der Waals surface area contributed by atoms with Gasteiger partial charge in [-0.05, 0) is 56.5 Å². The first-order valence-corrected chi connectivity index (χ1v) is 10.9. The number of benzene rings is 2. The summed E-state index contributed by atoms with van der Waals surface area (Å²) in [6.07, 6.45) is 1.37. The van der Waals surface area contributed by atoms with Crippen molar-refractivity contribution in [3.05, 3.63) is 59.2 Å². The van der Waals surface area contributed by atoms with E-state index in [1.165, 1.54) is 11.0 Å². The summed E-state index contributed by atoms with van der Waals surface area (Å²) in [6, 6.07) is 11.0. The van der Waals surface area contributed by atoms with Crippen LogP contribution in [-0.2, 0) is 14.8 Å². The Kier molecular flexibility index (Phi) is 5.93. The van der Waals surface area contributed by atoms with Gasteiger partial charge in [0.1, 0.15) is 6.04 Å². The Hall–Kier alpha value is -2.87. The Labute approximate surface area is 171 Å². The number of likely N-dealkylation sites (N-methyl/N-ethyl adjacent to an activating group) is 1. The molecule has 1 aliphatic rings. The van der Waals surface area contributed by atoms with Crippen molar-refractivity contribution in [2.45, 2.75) is 37.6 Å². The van der Waals surface area contributed by atoms with Gasteiger partial charge < -0.3 is 10.2 Å². The fraction of sp³-hybridized carbons (Fsp3) is 0.333. The van der Waals surface area contributed by atoms with E-state index in [2.05, 4.69) is 10.0 Å². The molecule has 154 valence electrons. The maximum Gasteiger partial charge on any atom is 0.262 e. The van der Waals surface area contributed by atoms with E-state index in [4.69, 9.17) is 0 Å². The molecule has 0 bridgehead atoms. The van der Waals surface area contributed by atoms with E-state index in [-0.39, 0.29) is 16.7 Å². The van der Waals surface area contributed by atoms with Crippen LogP contribution in [0.2, 0.25) is 0 Å². The second kappa shape index (κ2) is 8.24. The van der Waals surface area contributed by atoms with Crippen molar-refractivity contribution in [2.24, 2.45) is 0 Å². The Morgan fingerprint density at radius 1 is 1.10 bits per heavy atom. The second-order valence-electron chi connectivity index (χ2n) is 7.23. The number of likely N-dealkylation sites (tertiary alicyclic amines) is 1. The lowest BCUT2D eigenvalue weighted by atomic mass is 10.1. The van der Waals surface area contributed by atoms with Crippen molar-refractivity contribution >= 4 is 27.5 Å². The molecule has 29 heavy (non-hydrogen) atoms. The van der Waals surface area contributed by atoms with Gasteiger partial charge in [-0.3, -0.25) is 14.3 Å². The third-order valence-electron chi connectivity index (χ3n) is 5.04. The van der Waals surface area contributed by atoms with Gasteiger partial charge in [0.15, 0.2) is 0 Å². The van der Waals surface area contributed by atoms with Crippen molar-refractivity contribution in [1.29, 1.82) is 0 Å². The first kappa shape index (κ1) is 20.9. The maximum absolute atomic E-state index is 12.9. The smallest absolute Gasteiger partial charge is 0.262 e. The lowest BCUT2D eigenvalue weighted by Gasteiger charge is -2.23. The molecule has 1 fully saturated rings. The normalized spacial score (nSPS) is 16.5. The van der Waals surface area contributed by atoms with E-state index in [1.807, 2.05) is 6.92 Å². The molecule has 3 rings (SSSR count). The number of carbonyl (C=O) groups is 2. The molecular formula is C21H25N3O4S. The Morgan fingerprint density at radius 3 is 2.55 bits per heavy atom. The van der Waals surface area contributed by atoms with Gasteiger partial charge in [-0.1, -0.05) is 23.8 Å². The largest absolute Gasteiger partial charge is 0.357 e. The van der Waals surface area contributed by atoms with E-state index in [0.717, 1.165) is 12.0 Å². The number of rotatable bonds is 5. The standard InChI is InChI=1S/C21H25N3O4S/c1-14-9-10-19(15(2)12-14)29(27,28)23-17-7-4-6-16(13-17)21(26)24-11-5-8-18(24)20(25)22-3/h4,6-7,9-10,12-13,18,23H,5,8,11H2,1-3H3,(H,22,25). The number of hydrogen-bond donors (Lipinski definition) is 2. The number of carbonyl (C=O) groups excluding carboxylic acids is 2. The molecule has 0 aliphatic carbocycles. The zero-order chi connectivity index (χ0) is 21.2. The van der Waals surface area contributed by atoms with Crippen LogP contribution in [0.1, 0.15) is 34.3 Å². The lowest BCUT2D eigenvalue weighted by molar-refractivity contribution is -0.124. The quantitative estimate of drug-likeness (QED) is 0.784.